The van der Waals surface area contributed by atoms with Crippen LogP contribution >= 0.6 is 0 Å². The Kier molecular flexibility index (Phi) is 6.77. The highest BCUT2D eigenvalue weighted by Gasteiger charge is 2.34. The maximum absolute atomic E-state index is 11.8. The molecule has 1 saturated heterocycles. The van der Waals surface area contributed by atoms with E-state index in [0.717, 1.165) is 44.5 Å². The van der Waals surface area contributed by atoms with Crippen molar-refractivity contribution in [2.75, 3.05) is 40.5 Å². The number of likely N-dealkylation sites (tertiary alicyclic amines) is 1. The zero-order valence-electron chi connectivity index (χ0n) is 14.5. The lowest BCUT2D eigenvalue weighted by Crippen LogP contribution is -2.45. The van der Waals surface area contributed by atoms with Crippen molar-refractivity contribution in [1.29, 1.82) is 0 Å². The Morgan fingerprint density at radius 3 is 2.62 bits per heavy atom. The van der Waals surface area contributed by atoms with E-state index in [4.69, 9.17) is 4.74 Å². The minimum atomic E-state index is -3.39. The maximum Gasteiger partial charge on any atom is 0.240 e. The lowest BCUT2D eigenvalue weighted by Gasteiger charge is -2.42. The molecule has 2 N–H and O–H groups in total. The summed E-state index contributed by atoms with van der Waals surface area (Å²) < 4.78 is 31.0. The number of benzene rings is 1. The minimum Gasteiger partial charge on any atom is -0.396 e. The Balaban J connectivity index is 2.02. The van der Waals surface area contributed by atoms with Gasteiger partial charge in [-0.3, -0.25) is 4.90 Å². The molecule has 1 aliphatic heterocycles. The number of piperidine rings is 1. The van der Waals surface area contributed by atoms with Gasteiger partial charge in [-0.2, -0.15) is 0 Å². The lowest BCUT2D eigenvalue weighted by molar-refractivity contribution is 0.00475. The molecule has 1 aromatic carbocycles. The molecule has 2 rings (SSSR count). The van der Waals surface area contributed by atoms with Crippen molar-refractivity contribution in [2.45, 2.75) is 30.7 Å². The van der Waals surface area contributed by atoms with Gasteiger partial charge in [-0.25, -0.2) is 13.1 Å². The van der Waals surface area contributed by atoms with Crippen molar-refractivity contribution in [3.63, 3.8) is 0 Å². The molecule has 0 radical (unpaired) electrons. The molecule has 1 aliphatic rings. The fourth-order valence-electron chi connectivity index (χ4n) is 3.33. The first-order chi connectivity index (χ1) is 11.4. The number of aliphatic hydroxyl groups excluding tert-OH is 1. The van der Waals surface area contributed by atoms with Crippen LogP contribution in [0.3, 0.4) is 0 Å². The van der Waals surface area contributed by atoms with E-state index in [1.165, 1.54) is 7.05 Å². The summed E-state index contributed by atoms with van der Waals surface area (Å²) in [5, 5.41) is 9.85. The fraction of sp³-hybridized carbons (Fsp3) is 0.647. The maximum atomic E-state index is 11.8. The molecule has 0 amide bonds. The third kappa shape index (κ3) is 4.77. The van der Waals surface area contributed by atoms with Gasteiger partial charge in [-0.15, -0.1) is 0 Å². The molecule has 136 valence electrons. The SMILES string of the molecule is CNS(=O)(=O)c1ccc(CN2CCCC(CO)(CCOC)C2)cc1. The number of rotatable bonds is 8. The second kappa shape index (κ2) is 8.40. The van der Waals surface area contributed by atoms with Gasteiger partial charge in [-0.05, 0) is 50.6 Å². The van der Waals surface area contributed by atoms with Crippen molar-refractivity contribution >= 4 is 10.0 Å². The van der Waals surface area contributed by atoms with Gasteiger partial charge in [0.15, 0.2) is 0 Å². The van der Waals surface area contributed by atoms with Crippen molar-refractivity contribution in [2.24, 2.45) is 5.41 Å². The van der Waals surface area contributed by atoms with Gasteiger partial charge in [0.1, 0.15) is 0 Å². The zero-order valence-corrected chi connectivity index (χ0v) is 15.3. The smallest absolute Gasteiger partial charge is 0.240 e. The van der Waals surface area contributed by atoms with Crippen LogP contribution < -0.4 is 4.72 Å². The lowest BCUT2D eigenvalue weighted by atomic mass is 9.78. The summed E-state index contributed by atoms with van der Waals surface area (Å²) in [4.78, 5) is 2.61. The molecule has 6 nitrogen and oxygen atoms in total. The van der Waals surface area contributed by atoms with Gasteiger partial charge in [0, 0.05) is 32.2 Å². The quantitative estimate of drug-likeness (QED) is 0.732. The monoisotopic (exact) mass is 356 g/mol. The number of hydrogen-bond acceptors (Lipinski definition) is 5. The Labute approximate surface area is 144 Å². The molecule has 1 aromatic rings. The third-order valence-corrected chi connectivity index (χ3v) is 6.25. The Morgan fingerprint density at radius 1 is 1.33 bits per heavy atom. The molecule has 1 fully saturated rings. The van der Waals surface area contributed by atoms with Crippen LogP contribution in [0.15, 0.2) is 29.2 Å². The molecule has 1 heterocycles. The van der Waals surface area contributed by atoms with E-state index < -0.39 is 10.0 Å². The van der Waals surface area contributed by atoms with E-state index in [1.54, 1.807) is 19.2 Å². The van der Waals surface area contributed by atoms with Gasteiger partial charge < -0.3 is 9.84 Å². The zero-order chi connectivity index (χ0) is 17.6. The molecule has 1 unspecified atom stereocenters. The Bertz CT molecular complexity index is 618. The number of sulfonamides is 1. The van der Waals surface area contributed by atoms with Crippen LogP contribution in [0, 0.1) is 5.41 Å². The first kappa shape index (κ1) is 19.3. The highest BCUT2D eigenvalue weighted by atomic mass is 32.2. The second-order valence-corrected chi connectivity index (χ2v) is 8.45. The van der Waals surface area contributed by atoms with Crippen LogP contribution in [0.25, 0.3) is 0 Å². The van der Waals surface area contributed by atoms with Gasteiger partial charge in [0.05, 0.1) is 11.5 Å². The van der Waals surface area contributed by atoms with Gasteiger partial charge in [0.2, 0.25) is 10.0 Å². The molecule has 7 heteroatoms. The largest absolute Gasteiger partial charge is 0.396 e. The summed E-state index contributed by atoms with van der Waals surface area (Å²) in [5.74, 6) is 0. The Hall–Kier alpha value is -0.990. The summed E-state index contributed by atoms with van der Waals surface area (Å²) in [6.07, 6.45) is 2.93. The summed E-state index contributed by atoms with van der Waals surface area (Å²) >= 11 is 0. The molecule has 0 bridgehead atoms. The van der Waals surface area contributed by atoms with E-state index in [0.29, 0.717) is 6.61 Å². The third-order valence-electron chi connectivity index (χ3n) is 4.82. The molecule has 0 aromatic heterocycles. The van der Waals surface area contributed by atoms with Crippen LogP contribution in [0.4, 0.5) is 0 Å². The van der Waals surface area contributed by atoms with E-state index in [1.807, 2.05) is 12.1 Å². The number of methoxy groups -OCH3 is 1. The number of hydrogen-bond donors (Lipinski definition) is 2. The number of nitrogens with zero attached hydrogens (tertiary/aromatic N) is 1. The van der Waals surface area contributed by atoms with Gasteiger partial charge in [-0.1, -0.05) is 12.1 Å². The molecule has 0 spiro atoms. The molecule has 0 saturated carbocycles. The van der Waals surface area contributed by atoms with Crippen LogP contribution in [-0.2, 0) is 21.3 Å². The molecule has 0 aliphatic carbocycles. The highest BCUT2D eigenvalue weighted by molar-refractivity contribution is 7.89. The number of aliphatic hydroxyl groups is 1. The van der Waals surface area contributed by atoms with Crippen molar-refractivity contribution < 1.29 is 18.3 Å². The predicted octanol–water partition coefficient (Wildman–Crippen LogP) is 1.21. The minimum absolute atomic E-state index is 0.0936. The van der Waals surface area contributed by atoms with Crippen LogP contribution in [0.2, 0.25) is 0 Å². The fourth-order valence-corrected chi connectivity index (χ4v) is 4.06. The number of ether oxygens (including phenoxy) is 1. The molecular formula is C17H28N2O4S. The van der Waals surface area contributed by atoms with E-state index in [2.05, 4.69) is 9.62 Å². The normalized spacial score (nSPS) is 22.6. The topological polar surface area (TPSA) is 78.9 Å². The van der Waals surface area contributed by atoms with Crippen molar-refractivity contribution in [1.82, 2.24) is 9.62 Å². The molecular weight excluding hydrogens is 328 g/mol. The van der Waals surface area contributed by atoms with Gasteiger partial charge >= 0.3 is 0 Å². The molecule has 24 heavy (non-hydrogen) atoms. The average molecular weight is 356 g/mol. The first-order valence-electron chi connectivity index (χ1n) is 8.29. The first-order valence-corrected chi connectivity index (χ1v) is 9.78. The van der Waals surface area contributed by atoms with E-state index in [9.17, 15) is 13.5 Å². The van der Waals surface area contributed by atoms with Gasteiger partial charge in [0.25, 0.3) is 0 Å². The van der Waals surface area contributed by atoms with Crippen LogP contribution in [0.5, 0.6) is 0 Å². The molecule has 1 atom stereocenters. The summed E-state index contributed by atoms with van der Waals surface area (Å²) in [7, 11) is -0.296. The second-order valence-electron chi connectivity index (χ2n) is 6.57. The summed E-state index contributed by atoms with van der Waals surface area (Å²) in [6, 6.07) is 6.98. The standard InChI is InChI=1S/C17H28N2O4S/c1-18-24(21,22)16-6-4-15(5-7-16)12-19-10-3-8-17(13-19,14-20)9-11-23-2/h4-7,18,20H,3,8-14H2,1-2H3. The summed E-state index contributed by atoms with van der Waals surface area (Å²) in [5.41, 5.74) is 0.981. The van der Waals surface area contributed by atoms with Crippen LogP contribution in [0.1, 0.15) is 24.8 Å². The summed E-state index contributed by atoms with van der Waals surface area (Å²) in [6.45, 7) is 3.42. The van der Waals surface area contributed by atoms with Crippen LogP contribution in [-0.4, -0.2) is 58.9 Å². The van der Waals surface area contributed by atoms with Crippen molar-refractivity contribution in [3.05, 3.63) is 29.8 Å². The Morgan fingerprint density at radius 2 is 2.04 bits per heavy atom. The van der Waals surface area contributed by atoms with E-state index >= 15 is 0 Å². The average Bonchev–Trinajstić information content (AvgIpc) is 2.61. The van der Waals surface area contributed by atoms with Crippen molar-refractivity contribution in [3.8, 4) is 0 Å². The predicted molar refractivity (Wildman–Crippen MR) is 93.2 cm³/mol. The highest BCUT2D eigenvalue weighted by Crippen LogP contribution is 2.33. The van der Waals surface area contributed by atoms with E-state index in [-0.39, 0.29) is 16.9 Å². The number of nitrogens with one attached hydrogen (secondary N) is 1.